The van der Waals surface area contributed by atoms with E-state index < -0.39 is 5.41 Å². The lowest BCUT2D eigenvalue weighted by Gasteiger charge is -2.31. The lowest BCUT2D eigenvalue weighted by Crippen LogP contribution is -2.43. The van der Waals surface area contributed by atoms with Crippen LogP contribution in [0.15, 0.2) is 30.3 Å². The van der Waals surface area contributed by atoms with E-state index in [9.17, 15) is 4.79 Å². The van der Waals surface area contributed by atoms with Crippen molar-refractivity contribution in [1.82, 2.24) is 4.90 Å². The molecule has 0 saturated carbocycles. The predicted octanol–water partition coefficient (Wildman–Crippen LogP) is 2.58. The van der Waals surface area contributed by atoms with Gasteiger partial charge < -0.3 is 10.6 Å². The molecule has 1 atom stereocenters. The van der Waals surface area contributed by atoms with Crippen molar-refractivity contribution in [3.63, 3.8) is 0 Å². The van der Waals surface area contributed by atoms with Gasteiger partial charge in [0, 0.05) is 13.1 Å². The monoisotopic (exact) mass is 296 g/mol. The number of nitrogens with zero attached hydrogens (tertiary/aromatic N) is 1. The maximum Gasteiger partial charge on any atom is 0.232 e. The van der Waals surface area contributed by atoms with Gasteiger partial charge in [-0.3, -0.25) is 4.79 Å². The molecule has 2 N–H and O–H groups in total. The summed E-state index contributed by atoms with van der Waals surface area (Å²) in [5.41, 5.74) is 6.50. The standard InChI is InChI=1S/C16H24N2O.ClH/c1-15(2,13-7-5-4-6-8-13)14(19)18-10-9-16(3,11-17)12-18;/h4-8H,9-12,17H2,1-3H3;1H. The van der Waals surface area contributed by atoms with Gasteiger partial charge in [-0.25, -0.2) is 0 Å². The van der Waals surface area contributed by atoms with Crippen molar-refractivity contribution in [2.75, 3.05) is 19.6 Å². The summed E-state index contributed by atoms with van der Waals surface area (Å²) in [4.78, 5) is 14.7. The highest BCUT2D eigenvalue weighted by Crippen LogP contribution is 2.33. The van der Waals surface area contributed by atoms with Crippen molar-refractivity contribution in [1.29, 1.82) is 0 Å². The molecular formula is C16H25ClN2O. The summed E-state index contributed by atoms with van der Waals surface area (Å²) in [5, 5.41) is 0. The second-order valence-electron chi connectivity index (χ2n) is 6.48. The molecule has 1 aliphatic heterocycles. The third-order valence-electron chi connectivity index (χ3n) is 4.37. The fraction of sp³-hybridized carbons (Fsp3) is 0.562. The van der Waals surface area contributed by atoms with Gasteiger partial charge in [0.25, 0.3) is 0 Å². The molecule has 1 aliphatic rings. The first kappa shape index (κ1) is 17.0. The number of hydrogen-bond donors (Lipinski definition) is 1. The van der Waals surface area contributed by atoms with Crippen molar-refractivity contribution in [3.8, 4) is 0 Å². The van der Waals surface area contributed by atoms with Crippen molar-refractivity contribution in [2.24, 2.45) is 11.1 Å². The molecule has 1 aromatic carbocycles. The zero-order chi connectivity index (χ0) is 14.1. The van der Waals surface area contributed by atoms with Gasteiger partial charge in [-0.05, 0) is 37.8 Å². The van der Waals surface area contributed by atoms with Crippen LogP contribution < -0.4 is 5.73 Å². The Morgan fingerprint density at radius 3 is 2.45 bits per heavy atom. The van der Waals surface area contributed by atoms with Crippen molar-refractivity contribution in [2.45, 2.75) is 32.6 Å². The zero-order valence-electron chi connectivity index (χ0n) is 12.6. The third-order valence-corrected chi connectivity index (χ3v) is 4.37. The van der Waals surface area contributed by atoms with E-state index in [1.807, 2.05) is 49.1 Å². The second-order valence-corrected chi connectivity index (χ2v) is 6.48. The van der Waals surface area contributed by atoms with E-state index >= 15 is 0 Å². The molecule has 3 nitrogen and oxygen atoms in total. The van der Waals surface area contributed by atoms with Crippen LogP contribution in [0.2, 0.25) is 0 Å². The Hall–Kier alpha value is -1.06. The minimum atomic E-state index is -0.471. The molecule has 0 spiro atoms. The molecule has 1 aromatic rings. The third kappa shape index (κ3) is 3.15. The smallest absolute Gasteiger partial charge is 0.232 e. The molecule has 1 unspecified atom stereocenters. The molecular weight excluding hydrogens is 272 g/mol. The Balaban J connectivity index is 0.00000200. The van der Waals surface area contributed by atoms with Crippen LogP contribution in [0.25, 0.3) is 0 Å². The Morgan fingerprint density at radius 1 is 1.35 bits per heavy atom. The number of carbonyl (C=O) groups is 1. The first-order valence-electron chi connectivity index (χ1n) is 6.94. The number of hydrogen-bond acceptors (Lipinski definition) is 2. The summed E-state index contributed by atoms with van der Waals surface area (Å²) in [6.07, 6.45) is 1.00. The summed E-state index contributed by atoms with van der Waals surface area (Å²) in [6.45, 7) is 8.41. The highest BCUT2D eigenvalue weighted by molar-refractivity contribution is 5.87. The number of benzene rings is 1. The van der Waals surface area contributed by atoms with Crippen LogP contribution in [0.4, 0.5) is 0 Å². The van der Waals surface area contributed by atoms with Gasteiger partial charge in [0.15, 0.2) is 0 Å². The molecule has 0 aromatic heterocycles. The molecule has 2 rings (SSSR count). The fourth-order valence-electron chi connectivity index (χ4n) is 2.74. The Morgan fingerprint density at radius 2 is 1.95 bits per heavy atom. The van der Waals surface area contributed by atoms with Crippen molar-refractivity contribution >= 4 is 18.3 Å². The lowest BCUT2D eigenvalue weighted by atomic mass is 9.83. The summed E-state index contributed by atoms with van der Waals surface area (Å²) in [6, 6.07) is 9.99. The first-order chi connectivity index (χ1) is 8.89. The Labute approximate surface area is 127 Å². The maximum atomic E-state index is 12.8. The number of nitrogens with two attached hydrogens (primary N) is 1. The average molecular weight is 297 g/mol. The van der Waals surface area contributed by atoms with E-state index in [4.69, 9.17) is 5.73 Å². The van der Waals surface area contributed by atoms with Crippen LogP contribution in [-0.4, -0.2) is 30.4 Å². The average Bonchev–Trinajstić information content (AvgIpc) is 2.82. The van der Waals surface area contributed by atoms with E-state index in [0.717, 1.165) is 25.1 Å². The molecule has 4 heteroatoms. The SMILES string of the molecule is CC1(CN)CCN(C(=O)C(C)(C)c2ccccc2)C1.Cl. The Bertz CT molecular complexity index is 461. The normalized spacial score (nSPS) is 22.5. The molecule has 112 valence electrons. The minimum Gasteiger partial charge on any atom is -0.341 e. The molecule has 1 fully saturated rings. The molecule has 0 aliphatic carbocycles. The molecule has 0 radical (unpaired) electrons. The van der Waals surface area contributed by atoms with Gasteiger partial charge in [-0.15, -0.1) is 12.4 Å². The summed E-state index contributed by atoms with van der Waals surface area (Å²) < 4.78 is 0. The number of likely N-dealkylation sites (tertiary alicyclic amines) is 1. The molecule has 1 heterocycles. The van der Waals surface area contributed by atoms with Crippen LogP contribution in [0.1, 0.15) is 32.8 Å². The van der Waals surface area contributed by atoms with Gasteiger partial charge in [-0.2, -0.15) is 0 Å². The molecule has 1 amide bonds. The number of halogens is 1. The second kappa shape index (κ2) is 6.15. The van der Waals surface area contributed by atoms with Crippen LogP contribution in [0.5, 0.6) is 0 Å². The summed E-state index contributed by atoms with van der Waals surface area (Å²) in [7, 11) is 0. The lowest BCUT2D eigenvalue weighted by molar-refractivity contribution is -0.135. The van der Waals surface area contributed by atoms with Gasteiger partial charge in [0.2, 0.25) is 5.91 Å². The van der Waals surface area contributed by atoms with E-state index in [1.165, 1.54) is 0 Å². The highest BCUT2D eigenvalue weighted by Gasteiger charge is 2.40. The van der Waals surface area contributed by atoms with Crippen molar-refractivity contribution in [3.05, 3.63) is 35.9 Å². The summed E-state index contributed by atoms with van der Waals surface area (Å²) in [5.74, 6) is 0.205. The molecule has 1 saturated heterocycles. The van der Waals surface area contributed by atoms with Gasteiger partial charge >= 0.3 is 0 Å². The quantitative estimate of drug-likeness (QED) is 0.932. The van der Waals surface area contributed by atoms with E-state index in [-0.39, 0.29) is 23.7 Å². The number of amides is 1. The van der Waals surface area contributed by atoms with Gasteiger partial charge in [0.05, 0.1) is 5.41 Å². The minimum absolute atomic E-state index is 0. The number of carbonyl (C=O) groups excluding carboxylic acids is 1. The van der Waals surface area contributed by atoms with Gasteiger partial charge in [0.1, 0.15) is 0 Å². The van der Waals surface area contributed by atoms with Crippen LogP contribution >= 0.6 is 12.4 Å². The topological polar surface area (TPSA) is 46.3 Å². The van der Waals surface area contributed by atoms with Crippen LogP contribution in [0.3, 0.4) is 0 Å². The number of rotatable bonds is 3. The van der Waals surface area contributed by atoms with E-state index in [1.54, 1.807) is 0 Å². The fourth-order valence-corrected chi connectivity index (χ4v) is 2.74. The van der Waals surface area contributed by atoms with E-state index in [0.29, 0.717) is 6.54 Å². The largest absolute Gasteiger partial charge is 0.341 e. The van der Waals surface area contributed by atoms with Crippen LogP contribution in [-0.2, 0) is 10.2 Å². The van der Waals surface area contributed by atoms with Crippen LogP contribution in [0, 0.1) is 5.41 Å². The van der Waals surface area contributed by atoms with E-state index in [2.05, 4.69) is 6.92 Å². The first-order valence-corrected chi connectivity index (χ1v) is 6.94. The predicted molar refractivity (Wildman–Crippen MR) is 85.1 cm³/mol. The highest BCUT2D eigenvalue weighted by atomic mass is 35.5. The molecule has 20 heavy (non-hydrogen) atoms. The van der Waals surface area contributed by atoms with Gasteiger partial charge in [-0.1, -0.05) is 37.3 Å². The molecule has 0 bridgehead atoms. The maximum absolute atomic E-state index is 12.8. The summed E-state index contributed by atoms with van der Waals surface area (Å²) >= 11 is 0. The zero-order valence-corrected chi connectivity index (χ0v) is 13.4. The Kier molecular flexibility index (Phi) is 5.22. The van der Waals surface area contributed by atoms with Crippen molar-refractivity contribution < 1.29 is 4.79 Å².